The molecule has 6 aliphatic rings. The number of carbonyl (C=O) groups excluding carboxylic acids is 3. The Bertz CT molecular complexity index is 1280. The van der Waals surface area contributed by atoms with Gasteiger partial charge in [0, 0.05) is 37.0 Å². The van der Waals surface area contributed by atoms with Crippen LogP contribution in [0.15, 0.2) is 11.6 Å². The summed E-state index contributed by atoms with van der Waals surface area (Å²) in [4.78, 5) is 37.3. The monoisotopic (exact) mass is 640 g/mol. The molecule has 0 aromatic heterocycles. The molecule has 1 saturated heterocycles. The minimum atomic E-state index is -0.815. The van der Waals surface area contributed by atoms with Gasteiger partial charge in [-0.05, 0) is 97.7 Å². The maximum atomic E-state index is 13.1. The Labute approximate surface area is 277 Å². The molecule has 0 bridgehead atoms. The van der Waals surface area contributed by atoms with Crippen LogP contribution in [-0.4, -0.2) is 53.9 Å². The van der Waals surface area contributed by atoms with Crippen molar-refractivity contribution in [3.05, 3.63) is 11.6 Å². The number of hydrogen-bond donors (Lipinski definition) is 1. The van der Waals surface area contributed by atoms with Crippen LogP contribution in [-0.2, 0) is 28.6 Å². The summed E-state index contributed by atoms with van der Waals surface area (Å²) in [5, 5.41) is 12.6. The number of rotatable bonds is 4. The molecule has 0 aromatic rings. The van der Waals surface area contributed by atoms with Crippen molar-refractivity contribution >= 4 is 17.7 Å². The third-order valence-corrected chi connectivity index (χ3v) is 15.0. The van der Waals surface area contributed by atoms with E-state index in [4.69, 9.17) is 14.2 Å². The van der Waals surface area contributed by atoms with Crippen LogP contribution in [0.1, 0.15) is 127 Å². The molecule has 0 spiro atoms. The Morgan fingerprint density at radius 3 is 2.26 bits per heavy atom. The van der Waals surface area contributed by atoms with Crippen molar-refractivity contribution in [2.75, 3.05) is 6.61 Å². The van der Waals surface area contributed by atoms with Crippen LogP contribution in [0.5, 0.6) is 0 Å². The second-order valence-corrected chi connectivity index (χ2v) is 18.3. The predicted molar refractivity (Wildman–Crippen MR) is 175 cm³/mol. The van der Waals surface area contributed by atoms with Crippen LogP contribution in [0.2, 0.25) is 0 Å². The number of allylic oxidation sites excluding steroid dienone is 2. The molecule has 0 radical (unpaired) electrons. The van der Waals surface area contributed by atoms with Gasteiger partial charge < -0.3 is 19.3 Å². The van der Waals surface area contributed by atoms with Gasteiger partial charge in [-0.2, -0.15) is 0 Å². The summed E-state index contributed by atoms with van der Waals surface area (Å²) in [5.41, 5.74) is 1.38. The Morgan fingerprint density at radius 1 is 0.891 bits per heavy atom. The zero-order valence-electron chi connectivity index (χ0n) is 29.9. The third-order valence-electron chi connectivity index (χ3n) is 15.0. The van der Waals surface area contributed by atoms with Crippen LogP contribution in [0, 0.1) is 56.7 Å². The first-order valence-electron chi connectivity index (χ1n) is 18.2. The molecule has 6 rings (SSSR count). The van der Waals surface area contributed by atoms with Gasteiger partial charge in [-0.15, -0.1) is 0 Å². The molecule has 1 heterocycles. The number of ketones is 1. The topological polar surface area (TPSA) is 99.1 Å². The summed E-state index contributed by atoms with van der Waals surface area (Å²) in [7, 11) is 0. The highest BCUT2D eigenvalue weighted by Gasteiger charge is 2.66. The van der Waals surface area contributed by atoms with E-state index in [0.29, 0.717) is 30.0 Å². The van der Waals surface area contributed by atoms with Gasteiger partial charge in [-0.3, -0.25) is 14.4 Å². The molecule has 46 heavy (non-hydrogen) atoms. The van der Waals surface area contributed by atoms with Crippen molar-refractivity contribution in [2.45, 2.75) is 151 Å². The molecule has 7 nitrogen and oxygen atoms in total. The van der Waals surface area contributed by atoms with Crippen molar-refractivity contribution in [1.82, 2.24) is 0 Å². The van der Waals surface area contributed by atoms with E-state index in [1.54, 1.807) is 5.57 Å². The summed E-state index contributed by atoms with van der Waals surface area (Å²) in [6, 6.07) is 0. The van der Waals surface area contributed by atoms with Crippen molar-refractivity contribution in [2.24, 2.45) is 56.7 Å². The lowest BCUT2D eigenvalue weighted by molar-refractivity contribution is -0.238. The molecular formula is C39H60O7. The highest BCUT2D eigenvalue weighted by Crippen LogP contribution is 2.72. The lowest BCUT2D eigenvalue weighted by Gasteiger charge is -2.68. The lowest BCUT2D eigenvalue weighted by Crippen LogP contribution is -2.64. The highest BCUT2D eigenvalue weighted by molar-refractivity contribution is 5.85. The third kappa shape index (κ3) is 5.15. The maximum Gasteiger partial charge on any atom is 0.303 e. The van der Waals surface area contributed by atoms with Gasteiger partial charge in [-0.25, -0.2) is 0 Å². The van der Waals surface area contributed by atoms with E-state index in [1.165, 1.54) is 13.8 Å². The number of hydrogen-bond acceptors (Lipinski definition) is 7. The summed E-state index contributed by atoms with van der Waals surface area (Å²) < 4.78 is 17.8. The Kier molecular flexibility index (Phi) is 8.48. The first-order chi connectivity index (χ1) is 21.4. The van der Waals surface area contributed by atoms with Crippen LogP contribution >= 0.6 is 0 Å². The van der Waals surface area contributed by atoms with E-state index in [9.17, 15) is 19.5 Å². The molecule has 1 N–H and O–H groups in total. The molecular weight excluding hydrogens is 580 g/mol. The van der Waals surface area contributed by atoms with Crippen molar-refractivity contribution < 1.29 is 33.7 Å². The average molecular weight is 641 g/mol. The summed E-state index contributed by atoms with van der Waals surface area (Å²) in [6.07, 6.45) is 9.74. The molecule has 7 unspecified atom stereocenters. The zero-order chi connectivity index (χ0) is 33.6. The van der Waals surface area contributed by atoms with Gasteiger partial charge in [0.25, 0.3) is 0 Å². The standard InChI is InChI=1S/C39H60O7/c1-22-28(45-23(2)40)21-44-33(32(22)46-24(3)41)34(43)39-17-12-26-25(27(39)20-35(4,5)18-19-39)10-11-30-37(26,8)15-13-29-36(6,7)31(42)14-16-38(29,30)9/h10,22,26-30,32-34,43H,11-21H2,1-9H3/t22?,26?,27?,28-,29?,30?,32?,33-,34?,37+,38+,39-/m1/s1. The van der Waals surface area contributed by atoms with E-state index in [-0.39, 0.29) is 45.5 Å². The van der Waals surface area contributed by atoms with E-state index in [1.807, 2.05) is 6.92 Å². The Hall–Kier alpha value is -1.73. The molecule has 1 aliphatic heterocycles. The van der Waals surface area contributed by atoms with E-state index in [0.717, 1.165) is 57.8 Å². The van der Waals surface area contributed by atoms with Crippen LogP contribution in [0.4, 0.5) is 0 Å². The number of carbonyl (C=O) groups is 3. The number of esters is 2. The second kappa shape index (κ2) is 11.4. The highest BCUT2D eigenvalue weighted by atomic mass is 16.6. The van der Waals surface area contributed by atoms with Crippen LogP contribution in [0.25, 0.3) is 0 Å². The van der Waals surface area contributed by atoms with E-state index in [2.05, 4.69) is 47.6 Å². The smallest absolute Gasteiger partial charge is 0.303 e. The number of aliphatic hydroxyl groups excluding tert-OH is 1. The fraction of sp³-hybridized carbons (Fsp3) is 0.872. The van der Waals surface area contributed by atoms with Crippen molar-refractivity contribution in [3.63, 3.8) is 0 Å². The minimum absolute atomic E-state index is 0.147. The Morgan fingerprint density at radius 2 is 1.59 bits per heavy atom. The fourth-order valence-corrected chi connectivity index (χ4v) is 12.6. The normalized spacial score (nSPS) is 46.7. The number of aliphatic hydroxyl groups is 1. The first-order valence-corrected chi connectivity index (χ1v) is 18.2. The second-order valence-electron chi connectivity index (χ2n) is 18.3. The number of Topliss-reactive ketones (excluding diaryl/α,β-unsaturated/α-hetero) is 1. The number of ether oxygens (including phenoxy) is 3. The quantitative estimate of drug-likeness (QED) is 0.256. The van der Waals surface area contributed by atoms with Gasteiger partial charge >= 0.3 is 11.9 Å². The molecule has 4 saturated carbocycles. The molecule has 7 heteroatoms. The molecule has 0 aromatic carbocycles. The molecule has 258 valence electrons. The van der Waals surface area contributed by atoms with Gasteiger partial charge in [0.15, 0.2) is 0 Å². The van der Waals surface area contributed by atoms with Crippen molar-refractivity contribution in [1.29, 1.82) is 0 Å². The fourth-order valence-electron chi connectivity index (χ4n) is 12.6. The van der Waals surface area contributed by atoms with Gasteiger partial charge in [0.1, 0.15) is 24.1 Å². The molecule has 5 fully saturated rings. The SMILES string of the molecule is CC(=O)OC1C(C)[C@H](OC(C)=O)CO[C@H]1C(O)[C@@]12CCC3C(=CCC4[C@@]3(C)CCC3C(C)(C)C(=O)CC[C@@]34C)C1CC(C)(C)CC2. The minimum Gasteiger partial charge on any atom is -0.460 e. The largest absolute Gasteiger partial charge is 0.460 e. The van der Waals surface area contributed by atoms with E-state index < -0.39 is 36.4 Å². The Balaban J connectivity index is 1.35. The van der Waals surface area contributed by atoms with Gasteiger partial charge in [0.2, 0.25) is 0 Å². The summed E-state index contributed by atoms with van der Waals surface area (Å²) >= 11 is 0. The molecule has 12 atom stereocenters. The summed E-state index contributed by atoms with van der Waals surface area (Å²) in [6.45, 7) is 19.1. The van der Waals surface area contributed by atoms with Gasteiger partial charge in [0.05, 0.1) is 12.7 Å². The lowest BCUT2D eigenvalue weighted by atomic mass is 9.37. The van der Waals surface area contributed by atoms with Crippen LogP contribution < -0.4 is 0 Å². The van der Waals surface area contributed by atoms with E-state index >= 15 is 0 Å². The zero-order valence-corrected chi connectivity index (χ0v) is 29.9. The van der Waals surface area contributed by atoms with Crippen molar-refractivity contribution in [3.8, 4) is 0 Å². The van der Waals surface area contributed by atoms with Gasteiger partial charge in [-0.1, -0.05) is 60.1 Å². The number of fused-ring (bicyclic) bond motifs is 7. The molecule has 0 amide bonds. The maximum absolute atomic E-state index is 13.1. The molecule has 5 aliphatic carbocycles. The summed E-state index contributed by atoms with van der Waals surface area (Å²) in [5.74, 6) is 0.980. The predicted octanol–water partition coefficient (Wildman–Crippen LogP) is 7.23. The van der Waals surface area contributed by atoms with Crippen LogP contribution in [0.3, 0.4) is 0 Å². The first kappa shape index (κ1) is 34.1. The average Bonchev–Trinajstić information content (AvgIpc) is 2.96.